The summed E-state index contributed by atoms with van der Waals surface area (Å²) in [5.41, 5.74) is 0. The van der Waals surface area contributed by atoms with Crippen molar-refractivity contribution >= 4 is 26.5 Å². The summed E-state index contributed by atoms with van der Waals surface area (Å²) in [6, 6.07) is 18.2. The van der Waals surface area contributed by atoms with Gasteiger partial charge in [-0.2, -0.15) is 0 Å². The molecule has 0 heterocycles. The minimum atomic E-state index is -1.22. The maximum Gasteiger partial charge on any atom is 0.0859 e. The Kier molecular flexibility index (Phi) is 6.73. The number of hydrogen-bond donors (Lipinski definition) is 0. The van der Waals surface area contributed by atoms with Crippen molar-refractivity contribution in [3.05, 3.63) is 24.3 Å². The molecule has 0 saturated carbocycles. The third-order valence-electron chi connectivity index (χ3n) is 6.15. The van der Waals surface area contributed by atoms with Gasteiger partial charge < -0.3 is 0 Å². The van der Waals surface area contributed by atoms with Gasteiger partial charge in [0.1, 0.15) is 0 Å². The zero-order valence-corrected chi connectivity index (χ0v) is 16.6. The van der Waals surface area contributed by atoms with Gasteiger partial charge >= 0.3 is 0 Å². The summed E-state index contributed by atoms with van der Waals surface area (Å²) in [7, 11) is -2.44. The Labute approximate surface area is 129 Å². The number of hydrogen-bond acceptors (Lipinski definition) is 0. The summed E-state index contributed by atoms with van der Waals surface area (Å²) in [6.45, 7) is 14.5. The summed E-state index contributed by atoms with van der Waals surface area (Å²) in [5, 5.41) is 3.46. The first kappa shape index (κ1) is 17.7. The minimum Gasteiger partial charge on any atom is -0.0675 e. The summed E-state index contributed by atoms with van der Waals surface area (Å²) < 4.78 is 0. The fourth-order valence-electron chi connectivity index (χ4n) is 3.90. The first-order chi connectivity index (χ1) is 9.57. The van der Waals surface area contributed by atoms with Crippen molar-refractivity contribution in [3.63, 3.8) is 0 Å². The van der Waals surface area contributed by atoms with E-state index in [0.29, 0.717) is 0 Å². The molecular weight excluding hydrogens is 272 g/mol. The highest BCUT2D eigenvalue weighted by molar-refractivity contribution is 6.94. The van der Waals surface area contributed by atoms with Crippen LogP contribution in [0.1, 0.15) is 41.5 Å². The molecule has 0 aliphatic rings. The third kappa shape index (κ3) is 3.11. The zero-order valence-electron chi connectivity index (χ0n) is 14.6. The SMILES string of the molecule is CC[Si](CC)(CC)c1cccc([Si](CC)(CC)CC)c1. The molecule has 0 spiro atoms. The van der Waals surface area contributed by atoms with Gasteiger partial charge in [0.25, 0.3) is 0 Å². The predicted octanol–water partition coefficient (Wildman–Crippen LogP) is 5.12. The largest absolute Gasteiger partial charge is 0.0859 e. The van der Waals surface area contributed by atoms with Crippen molar-refractivity contribution in [1.29, 1.82) is 0 Å². The van der Waals surface area contributed by atoms with Crippen LogP contribution in [0, 0.1) is 0 Å². The highest BCUT2D eigenvalue weighted by Gasteiger charge is 2.33. The lowest BCUT2D eigenvalue weighted by atomic mass is 10.4. The fraction of sp³-hybridized carbons (Fsp3) is 0.667. The summed E-state index contributed by atoms with van der Waals surface area (Å²) >= 11 is 0. The summed E-state index contributed by atoms with van der Waals surface area (Å²) in [4.78, 5) is 0. The minimum absolute atomic E-state index is 1.22. The Hall–Kier alpha value is -0.346. The van der Waals surface area contributed by atoms with Gasteiger partial charge in [-0.3, -0.25) is 0 Å². The average Bonchev–Trinajstić information content (AvgIpc) is 2.52. The smallest absolute Gasteiger partial charge is 0.0675 e. The lowest BCUT2D eigenvalue weighted by Crippen LogP contribution is -2.51. The molecule has 0 saturated heterocycles. The molecule has 0 fully saturated rings. The highest BCUT2D eigenvalue weighted by Crippen LogP contribution is 2.23. The van der Waals surface area contributed by atoms with Crippen molar-refractivity contribution in [2.45, 2.75) is 77.8 Å². The lowest BCUT2D eigenvalue weighted by molar-refractivity contribution is 1.19. The molecule has 0 radical (unpaired) electrons. The lowest BCUT2D eigenvalue weighted by Gasteiger charge is -2.33. The van der Waals surface area contributed by atoms with Crippen molar-refractivity contribution < 1.29 is 0 Å². The Bertz CT molecular complexity index is 352. The number of rotatable bonds is 8. The molecule has 0 bridgehead atoms. The highest BCUT2D eigenvalue weighted by atomic mass is 28.3. The van der Waals surface area contributed by atoms with Crippen molar-refractivity contribution in [3.8, 4) is 0 Å². The Morgan fingerprint density at radius 3 is 1.15 bits per heavy atom. The normalized spacial score (nSPS) is 12.7. The Morgan fingerprint density at radius 1 is 0.600 bits per heavy atom. The van der Waals surface area contributed by atoms with Crippen molar-refractivity contribution in [2.24, 2.45) is 0 Å². The molecule has 2 heteroatoms. The van der Waals surface area contributed by atoms with Gasteiger partial charge in [-0.1, -0.05) is 112 Å². The molecule has 114 valence electrons. The van der Waals surface area contributed by atoms with E-state index in [1.54, 1.807) is 10.4 Å². The summed E-state index contributed by atoms with van der Waals surface area (Å²) in [5.74, 6) is 0. The van der Waals surface area contributed by atoms with E-state index in [2.05, 4.69) is 65.8 Å². The van der Waals surface area contributed by atoms with Gasteiger partial charge in [0.2, 0.25) is 0 Å². The maximum absolute atomic E-state index is 2.64. The van der Waals surface area contributed by atoms with E-state index in [9.17, 15) is 0 Å². The molecule has 0 aromatic heterocycles. The van der Waals surface area contributed by atoms with E-state index in [1.165, 1.54) is 36.3 Å². The van der Waals surface area contributed by atoms with Crippen LogP contribution in [0.15, 0.2) is 24.3 Å². The van der Waals surface area contributed by atoms with Crippen LogP contribution >= 0.6 is 0 Å². The molecule has 1 rings (SSSR count). The van der Waals surface area contributed by atoms with Gasteiger partial charge in [-0.15, -0.1) is 0 Å². The van der Waals surface area contributed by atoms with E-state index in [0.717, 1.165) is 0 Å². The monoisotopic (exact) mass is 306 g/mol. The first-order valence-corrected chi connectivity index (χ1v) is 13.9. The topological polar surface area (TPSA) is 0 Å². The molecular formula is C18H34Si2. The molecule has 0 amide bonds. The van der Waals surface area contributed by atoms with Crippen LogP contribution in [0.3, 0.4) is 0 Å². The van der Waals surface area contributed by atoms with E-state index < -0.39 is 16.1 Å². The van der Waals surface area contributed by atoms with Crippen molar-refractivity contribution in [2.75, 3.05) is 0 Å². The van der Waals surface area contributed by atoms with Crippen LogP contribution in [0.25, 0.3) is 0 Å². The van der Waals surface area contributed by atoms with Crippen LogP contribution < -0.4 is 10.4 Å². The molecule has 0 atom stereocenters. The van der Waals surface area contributed by atoms with Crippen LogP contribution in [-0.4, -0.2) is 16.1 Å². The average molecular weight is 307 g/mol. The molecule has 0 N–H and O–H groups in total. The van der Waals surface area contributed by atoms with Crippen LogP contribution in [0.5, 0.6) is 0 Å². The van der Waals surface area contributed by atoms with Gasteiger partial charge in [-0.05, 0) is 0 Å². The fourth-order valence-corrected chi connectivity index (χ4v) is 11.3. The molecule has 20 heavy (non-hydrogen) atoms. The van der Waals surface area contributed by atoms with Gasteiger partial charge in [0.05, 0.1) is 16.1 Å². The van der Waals surface area contributed by atoms with E-state index in [1.807, 2.05) is 0 Å². The van der Waals surface area contributed by atoms with Crippen molar-refractivity contribution in [1.82, 2.24) is 0 Å². The number of benzene rings is 1. The van der Waals surface area contributed by atoms with Crippen LogP contribution in [0.2, 0.25) is 36.3 Å². The second-order valence-corrected chi connectivity index (χ2v) is 16.8. The Balaban J connectivity index is 3.32. The second-order valence-electron chi connectivity index (χ2n) is 6.26. The molecule has 0 aliphatic carbocycles. The van der Waals surface area contributed by atoms with Gasteiger partial charge in [-0.25, -0.2) is 0 Å². The van der Waals surface area contributed by atoms with Crippen LogP contribution in [-0.2, 0) is 0 Å². The standard InChI is InChI=1S/C18H34Si2/c1-7-19(8-2,9-3)17-14-13-15-18(16-17)20(10-4,11-5)12-6/h13-16H,7-12H2,1-6H3. The molecule has 1 aromatic rings. The maximum atomic E-state index is 2.64. The zero-order chi connectivity index (χ0) is 15.2. The molecule has 1 aromatic carbocycles. The van der Waals surface area contributed by atoms with Gasteiger partial charge in [0, 0.05) is 0 Å². The van der Waals surface area contributed by atoms with E-state index in [4.69, 9.17) is 0 Å². The van der Waals surface area contributed by atoms with Gasteiger partial charge in [0.15, 0.2) is 0 Å². The first-order valence-electron chi connectivity index (χ1n) is 8.69. The second kappa shape index (κ2) is 7.60. The predicted molar refractivity (Wildman–Crippen MR) is 100 cm³/mol. The Morgan fingerprint density at radius 2 is 0.900 bits per heavy atom. The molecule has 0 nitrogen and oxygen atoms in total. The molecule has 0 aliphatic heterocycles. The van der Waals surface area contributed by atoms with Crippen LogP contribution in [0.4, 0.5) is 0 Å². The summed E-state index contributed by atoms with van der Waals surface area (Å²) in [6.07, 6.45) is 0. The quantitative estimate of drug-likeness (QED) is 0.585. The van der Waals surface area contributed by atoms with E-state index in [-0.39, 0.29) is 0 Å². The third-order valence-corrected chi connectivity index (χ3v) is 17.3. The van der Waals surface area contributed by atoms with E-state index >= 15 is 0 Å². The molecule has 0 unspecified atom stereocenters.